The molecule has 0 fully saturated rings. The van der Waals surface area contributed by atoms with Gasteiger partial charge in [0.15, 0.2) is 0 Å². The van der Waals surface area contributed by atoms with Crippen LogP contribution >= 0.6 is 12.6 Å². The van der Waals surface area contributed by atoms with E-state index >= 15 is 0 Å². The van der Waals surface area contributed by atoms with E-state index < -0.39 is 0 Å². The van der Waals surface area contributed by atoms with Crippen molar-refractivity contribution in [3.05, 3.63) is 30.3 Å². The van der Waals surface area contributed by atoms with Crippen LogP contribution in [0, 0.1) is 0 Å². The minimum absolute atomic E-state index is 0. The molecule has 0 saturated heterocycles. The van der Waals surface area contributed by atoms with Crippen LogP contribution in [0.5, 0.6) is 0 Å². The molecule has 0 nitrogen and oxygen atoms in total. The third kappa shape index (κ3) is 2.54. The maximum atomic E-state index is 4.08. The zero-order valence-electron chi connectivity index (χ0n) is 4.24. The second kappa shape index (κ2) is 4.17. The Bertz CT molecular complexity index is 138. The van der Waals surface area contributed by atoms with E-state index in [4.69, 9.17) is 0 Å². The molecule has 2 heteroatoms. The van der Waals surface area contributed by atoms with Gasteiger partial charge in [-0.3, -0.25) is 0 Å². The van der Waals surface area contributed by atoms with Crippen molar-refractivity contribution in [3.63, 3.8) is 0 Å². The summed E-state index contributed by atoms with van der Waals surface area (Å²) < 4.78 is 0. The maximum Gasteiger partial charge on any atom is 0.00399 e. The van der Waals surface area contributed by atoms with E-state index in [-0.39, 0.29) is 21.1 Å². The van der Waals surface area contributed by atoms with Gasteiger partial charge in [-0.05, 0) is 12.1 Å². The number of benzene rings is 1. The van der Waals surface area contributed by atoms with E-state index in [1.165, 1.54) is 0 Å². The number of hydrogen-bond acceptors (Lipinski definition) is 1. The Morgan fingerprint density at radius 3 is 1.75 bits per heavy atom. The standard InChI is InChI=1S/C6H6S.Mo/c7-6-4-2-1-3-5-6;/h1-5,7H;. The Labute approximate surface area is 69.0 Å². The van der Waals surface area contributed by atoms with Crippen LogP contribution in [0.4, 0.5) is 0 Å². The van der Waals surface area contributed by atoms with Gasteiger partial charge in [-0.2, -0.15) is 0 Å². The van der Waals surface area contributed by atoms with Crippen LogP contribution in [0.3, 0.4) is 0 Å². The summed E-state index contributed by atoms with van der Waals surface area (Å²) in [6.45, 7) is 0. The van der Waals surface area contributed by atoms with Crippen LogP contribution in [-0.4, -0.2) is 0 Å². The Morgan fingerprint density at radius 1 is 1.00 bits per heavy atom. The molecule has 1 aromatic rings. The second-order valence-electron chi connectivity index (χ2n) is 1.34. The first-order valence-electron chi connectivity index (χ1n) is 2.13. The largest absolute Gasteiger partial charge is 0.143 e. The van der Waals surface area contributed by atoms with E-state index in [1.807, 2.05) is 30.3 Å². The molecule has 0 radical (unpaired) electrons. The summed E-state index contributed by atoms with van der Waals surface area (Å²) >= 11 is 4.08. The summed E-state index contributed by atoms with van der Waals surface area (Å²) in [7, 11) is 0. The quantitative estimate of drug-likeness (QED) is 0.487. The Balaban J connectivity index is 0.000000490. The van der Waals surface area contributed by atoms with Crippen molar-refractivity contribution >= 4 is 12.6 Å². The van der Waals surface area contributed by atoms with Gasteiger partial charge in [0.05, 0.1) is 0 Å². The van der Waals surface area contributed by atoms with Crippen molar-refractivity contribution in [2.45, 2.75) is 4.90 Å². The monoisotopic (exact) mass is 208 g/mol. The first-order chi connectivity index (χ1) is 3.39. The smallest absolute Gasteiger partial charge is 0.00399 e. The predicted molar refractivity (Wildman–Crippen MR) is 33.7 cm³/mol. The van der Waals surface area contributed by atoms with E-state index in [0.29, 0.717) is 0 Å². The van der Waals surface area contributed by atoms with Gasteiger partial charge in [0.2, 0.25) is 0 Å². The molecule has 0 amide bonds. The Hall–Kier alpha value is 0.258. The molecule has 0 atom stereocenters. The molecule has 1 rings (SSSR count). The molecule has 0 N–H and O–H groups in total. The zero-order chi connectivity index (χ0) is 5.11. The first-order valence-corrected chi connectivity index (χ1v) is 2.58. The molecule has 0 aliphatic carbocycles. The predicted octanol–water partition coefficient (Wildman–Crippen LogP) is 1.97. The van der Waals surface area contributed by atoms with Crippen LogP contribution in [0.15, 0.2) is 35.2 Å². The van der Waals surface area contributed by atoms with Crippen molar-refractivity contribution < 1.29 is 21.1 Å². The first kappa shape index (κ1) is 8.26. The van der Waals surface area contributed by atoms with E-state index in [9.17, 15) is 0 Å². The molecular weight excluding hydrogens is 200 g/mol. The zero-order valence-corrected chi connectivity index (χ0v) is 7.14. The minimum atomic E-state index is 0. The van der Waals surface area contributed by atoms with Crippen LogP contribution < -0.4 is 0 Å². The third-order valence-corrected chi connectivity index (χ3v) is 1.05. The fraction of sp³-hybridized carbons (Fsp3) is 0. The van der Waals surface area contributed by atoms with Gasteiger partial charge < -0.3 is 0 Å². The van der Waals surface area contributed by atoms with E-state index in [0.717, 1.165) is 4.90 Å². The summed E-state index contributed by atoms with van der Waals surface area (Å²) in [6.07, 6.45) is 0. The minimum Gasteiger partial charge on any atom is -0.143 e. The van der Waals surface area contributed by atoms with Crippen LogP contribution in [0.25, 0.3) is 0 Å². The van der Waals surface area contributed by atoms with Crippen LogP contribution in [0.1, 0.15) is 0 Å². The van der Waals surface area contributed by atoms with Crippen molar-refractivity contribution in [1.29, 1.82) is 0 Å². The Kier molecular flexibility index (Phi) is 4.30. The molecule has 0 heterocycles. The second-order valence-corrected chi connectivity index (χ2v) is 1.85. The average molecular weight is 206 g/mol. The molecule has 0 aliphatic rings. The third-order valence-electron chi connectivity index (χ3n) is 0.756. The van der Waals surface area contributed by atoms with Gasteiger partial charge in [0.1, 0.15) is 0 Å². The van der Waals surface area contributed by atoms with Crippen molar-refractivity contribution in [2.24, 2.45) is 0 Å². The fourth-order valence-corrected chi connectivity index (χ4v) is 0.600. The van der Waals surface area contributed by atoms with Crippen molar-refractivity contribution in [3.8, 4) is 0 Å². The molecule has 0 bridgehead atoms. The van der Waals surface area contributed by atoms with E-state index in [2.05, 4.69) is 12.6 Å². The van der Waals surface area contributed by atoms with Gasteiger partial charge in [0, 0.05) is 26.0 Å². The normalized spacial score (nSPS) is 7.62. The molecule has 8 heavy (non-hydrogen) atoms. The van der Waals surface area contributed by atoms with Crippen molar-refractivity contribution in [2.75, 3.05) is 0 Å². The summed E-state index contributed by atoms with van der Waals surface area (Å²) in [4.78, 5) is 1.02. The summed E-state index contributed by atoms with van der Waals surface area (Å²) in [5, 5.41) is 0. The van der Waals surface area contributed by atoms with Gasteiger partial charge in [-0.25, -0.2) is 0 Å². The van der Waals surface area contributed by atoms with E-state index in [1.54, 1.807) is 0 Å². The number of rotatable bonds is 0. The maximum absolute atomic E-state index is 4.08. The average Bonchev–Trinajstić information content (AvgIpc) is 1.69. The Morgan fingerprint density at radius 2 is 1.50 bits per heavy atom. The molecule has 42 valence electrons. The molecule has 0 aromatic heterocycles. The summed E-state index contributed by atoms with van der Waals surface area (Å²) in [6, 6.07) is 9.79. The fourth-order valence-electron chi connectivity index (χ4n) is 0.428. The van der Waals surface area contributed by atoms with Gasteiger partial charge in [0.25, 0.3) is 0 Å². The SMILES string of the molecule is Sc1ccccc1.[Mo]. The molecular formula is C6H6MoS. The molecule has 0 unspecified atom stereocenters. The molecule has 1 aromatic carbocycles. The topological polar surface area (TPSA) is 0 Å². The van der Waals surface area contributed by atoms with Gasteiger partial charge in [-0.15, -0.1) is 12.6 Å². The van der Waals surface area contributed by atoms with Crippen LogP contribution in [-0.2, 0) is 21.1 Å². The number of hydrogen-bond donors (Lipinski definition) is 1. The number of thiol groups is 1. The van der Waals surface area contributed by atoms with Gasteiger partial charge >= 0.3 is 0 Å². The van der Waals surface area contributed by atoms with Crippen LogP contribution in [0.2, 0.25) is 0 Å². The summed E-state index contributed by atoms with van der Waals surface area (Å²) in [5.74, 6) is 0. The van der Waals surface area contributed by atoms with Gasteiger partial charge in [-0.1, -0.05) is 18.2 Å². The van der Waals surface area contributed by atoms with Crippen molar-refractivity contribution in [1.82, 2.24) is 0 Å². The molecule has 0 aliphatic heterocycles. The summed E-state index contributed by atoms with van der Waals surface area (Å²) in [5.41, 5.74) is 0. The molecule has 0 spiro atoms. The molecule has 0 saturated carbocycles.